The van der Waals surface area contributed by atoms with Gasteiger partial charge in [-0.1, -0.05) is 6.07 Å². The number of aromatic nitrogens is 1. The molecule has 6 nitrogen and oxygen atoms in total. The SMILES string of the molecule is O=C(O)CC1COCCN1C(=O)c1csc(-c2cccs2)n1. The van der Waals surface area contributed by atoms with Crippen LogP contribution in [0.5, 0.6) is 0 Å². The Morgan fingerprint density at radius 3 is 3.05 bits per heavy atom. The predicted octanol–water partition coefficient (Wildman–Crippen LogP) is 2.19. The highest BCUT2D eigenvalue weighted by Crippen LogP contribution is 2.28. The molecule has 0 bridgehead atoms. The molecule has 0 aromatic carbocycles. The number of morpholine rings is 1. The van der Waals surface area contributed by atoms with E-state index in [1.54, 1.807) is 21.6 Å². The number of nitrogens with zero attached hydrogens (tertiary/aromatic N) is 2. The predicted molar refractivity (Wildman–Crippen MR) is 83.3 cm³/mol. The van der Waals surface area contributed by atoms with Gasteiger partial charge in [0.1, 0.15) is 10.7 Å². The lowest BCUT2D eigenvalue weighted by atomic mass is 10.1. The Balaban J connectivity index is 1.78. The van der Waals surface area contributed by atoms with Gasteiger partial charge in [-0.15, -0.1) is 22.7 Å². The topological polar surface area (TPSA) is 79.7 Å². The minimum absolute atomic E-state index is 0.117. The Morgan fingerprint density at radius 1 is 1.45 bits per heavy atom. The number of ether oxygens (including phenoxy) is 1. The lowest BCUT2D eigenvalue weighted by Crippen LogP contribution is -2.49. The molecule has 116 valence electrons. The Hall–Kier alpha value is -1.77. The average molecular weight is 338 g/mol. The van der Waals surface area contributed by atoms with Crippen LogP contribution in [0, 0.1) is 0 Å². The van der Waals surface area contributed by atoms with Crippen LogP contribution in [-0.4, -0.2) is 52.7 Å². The van der Waals surface area contributed by atoms with E-state index in [1.807, 2.05) is 17.5 Å². The zero-order chi connectivity index (χ0) is 15.5. The van der Waals surface area contributed by atoms with Gasteiger partial charge in [0.2, 0.25) is 0 Å². The van der Waals surface area contributed by atoms with Crippen molar-refractivity contribution in [3.63, 3.8) is 0 Å². The second-order valence-corrected chi connectivity index (χ2v) is 6.65. The number of hydrogen-bond donors (Lipinski definition) is 1. The molecule has 1 unspecified atom stereocenters. The minimum Gasteiger partial charge on any atom is -0.481 e. The lowest BCUT2D eigenvalue weighted by molar-refractivity contribution is -0.139. The number of carbonyl (C=O) groups is 2. The van der Waals surface area contributed by atoms with Crippen LogP contribution in [0.15, 0.2) is 22.9 Å². The van der Waals surface area contributed by atoms with Gasteiger partial charge in [-0.3, -0.25) is 9.59 Å². The summed E-state index contributed by atoms with van der Waals surface area (Å²) >= 11 is 2.99. The van der Waals surface area contributed by atoms with Crippen molar-refractivity contribution in [1.82, 2.24) is 9.88 Å². The molecule has 0 radical (unpaired) electrons. The summed E-state index contributed by atoms with van der Waals surface area (Å²) in [7, 11) is 0. The highest BCUT2D eigenvalue weighted by Gasteiger charge is 2.31. The third-order valence-corrected chi connectivity index (χ3v) is 5.24. The first-order valence-electron chi connectivity index (χ1n) is 6.75. The number of thiazole rings is 1. The first-order chi connectivity index (χ1) is 10.6. The molecule has 0 aliphatic carbocycles. The molecule has 1 atom stereocenters. The van der Waals surface area contributed by atoms with Crippen LogP contribution in [0.2, 0.25) is 0 Å². The summed E-state index contributed by atoms with van der Waals surface area (Å²) in [4.78, 5) is 30.5. The summed E-state index contributed by atoms with van der Waals surface area (Å²) in [6.07, 6.45) is -0.117. The summed E-state index contributed by atoms with van der Waals surface area (Å²) in [6, 6.07) is 3.46. The number of carbonyl (C=O) groups excluding carboxylic acids is 1. The largest absolute Gasteiger partial charge is 0.481 e. The normalized spacial score (nSPS) is 18.4. The molecule has 22 heavy (non-hydrogen) atoms. The Labute approximate surface area is 135 Å². The van der Waals surface area contributed by atoms with E-state index in [9.17, 15) is 9.59 Å². The molecule has 8 heteroatoms. The van der Waals surface area contributed by atoms with Crippen molar-refractivity contribution in [2.75, 3.05) is 19.8 Å². The number of amides is 1. The molecule has 3 heterocycles. The van der Waals surface area contributed by atoms with E-state index in [-0.39, 0.29) is 18.9 Å². The van der Waals surface area contributed by atoms with Crippen LogP contribution < -0.4 is 0 Å². The van der Waals surface area contributed by atoms with Gasteiger partial charge in [0.25, 0.3) is 5.91 Å². The summed E-state index contributed by atoms with van der Waals surface area (Å²) in [5.74, 6) is -1.17. The molecule has 1 amide bonds. The van der Waals surface area contributed by atoms with Gasteiger partial charge >= 0.3 is 5.97 Å². The number of rotatable bonds is 4. The Morgan fingerprint density at radius 2 is 2.32 bits per heavy atom. The van der Waals surface area contributed by atoms with Crippen molar-refractivity contribution < 1.29 is 19.4 Å². The Bertz CT molecular complexity index is 668. The smallest absolute Gasteiger partial charge is 0.305 e. The molecular weight excluding hydrogens is 324 g/mol. The molecule has 1 aliphatic heterocycles. The molecule has 0 saturated carbocycles. The molecule has 1 fully saturated rings. The van der Waals surface area contributed by atoms with E-state index >= 15 is 0 Å². The molecule has 1 aliphatic rings. The zero-order valence-electron chi connectivity index (χ0n) is 11.6. The number of carboxylic acid groups (broad SMARTS) is 1. The molecule has 2 aromatic heterocycles. The van der Waals surface area contributed by atoms with Crippen molar-refractivity contribution in [1.29, 1.82) is 0 Å². The fourth-order valence-electron chi connectivity index (χ4n) is 2.33. The van der Waals surface area contributed by atoms with Gasteiger partial charge in [0, 0.05) is 11.9 Å². The third-order valence-electron chi connectivity index (χ3n) is 3.35. The third kappa shape index (κ3) is 3.18. The van der Waals surface area contributed by atoms with Gasteiger partial charge in [-0.2, -0.15) is 0 Å². The molecule has 1 saturated heterocycles. The second-order valence-electron chi connectivity index (χ2n) is 4.84. The summed E-state index contributed by atoms with van der Waals surface area (Å²) in [5, 5.41) is 13.5. The van der Waals surface area contributed by atoms with E-state index in [4.69, 9.17) is 9.84 Å². The van der Waals surface area contributed by atoms with E-state index < -0.39 is 12.0 Å². The highest BCUT2D eigenvalue weighted by molar-refractivity contribution is 7.20. The zero-order valence-corrected chi connectivity index (χ0v) is 13.2. The first-order valence-corrected chi connectivity index (χ1v) is 8.51. The number of hydrogen-bond acceptors (Lipinski definition) is 6. The minimum atomic E-state index is -0.939. The fourth-order valence-corrected chi connectivity index (χ4v) is 3.93. The number of aliphatic carboxylic acids is 1. The summed E-state index contributed by atoms with van der Waals surface area (Å²) < 4.78 is 5.29. The number of carboxylic acids is 1. The van der Waals surface area contributed by atoms with Gasteiger partial charge in [-0.05, 0) is 11.4 Å². The number of thiophene rings is 1. The van der Waals surface area contributed by atoms with Crippen LogP contribution in [0.3, 0.4) is 0 Å². The standard InChI is InChI=1S/C14H14N2O4S2/c17-12(18)6-9-7-20-4-3-16(9)14(19)10-8-22-13(15-10)11-2-1-5-21-11/h1-2,5,8-9H,3-4,6-7H2,(H,17,18). The molecule has 1 N–H and O–H groups in total. The van der Waals surface area contributed by atoms with Crippen molar-refractivity contribution in [3.8, 4) is 9.88 Å². The van der Waals surface area contributed by atoms with Crippen molar-refractivity contribution in [2.24, 2.45) is 0 Å². The van der Waals surface area contributed by atoms with Crippen molar-refractivity contribution in [2.45, 2.75) is 12.5 Å². The fraction of sp³-hybridized carbons (Fsp3) is 0.357. The van der Waals surface area contributed by atoms with Gasteiger partial charge in [-0.25, -0.2) is 4.98 Å². The van der Waals surface area contributed by atoms with Crippen LogP contribution >= 0.6 is 22.7 Å². The van der Waals surface area contributed by atoms with E-state index in [0.29, 0.717) is 18.8 Å². The molecule has 2 aromatic rings. The molecule has 0 spiro atoms. The Kier molecular flexibility index (Phi) is 4.51. The van der Waals surface area contributed by atoms with Crippen LogP contribution in [0.1, 0.15) is 16.9 Å². The van der Waals surface area contributed by atoms with Crippen LogP contribution in [-0.2, 0) is 9.53 Å². The first kappa shape index (κ1) is 15.1. The van der Waals surface area contributed by atoms with Crippen molar-refractivity contribution in [3.05, 3.63) is 28.6 Å². The van der Waals surface area contributed by atoms with Gasteiger partial charge in [0.05, 0.1) is 30.6 Å². The van der Waals surface area contributed by atoms with Gasteiger partial charge in [0.15, 0.2) is 0 Å². The monoisotopic (exact) mass is 338 g/mol. The van der Waals surface area contributed by atoms with Gasteiger partial charge < -0.3 is 14.7 Å². The van der Waals surface area contributed by atoms with E-state index in [1.165, 1.54) is 11.3 Å². The summed E-state index contributed by atoms with van der Waals surface area (Å²) in [5.41, 5.74) is 0.366. The van der Waals surface area contributed by atoms with Crippen molar-refractivity contribution >= 4 is 34.6 Å². The maximum absolute atomic E-state index is 12.6. The highest BCUT2D eigenvalue weighted by atomic mass is 32.1. The van der Waals surface area contributed by atoms with E-state index in [2.05, 4.69) is 4.98 Å². The average Bonchev–Trinajstić information content (AvgIpc) is 3.17. The second kappa shape index (κ2) is 6.55. The maximum Gasteiger partial charge on any atom is 0.305 e. The maximum atomic E-state index is 12.6. The molecular formula is C14H14N2O4S2. The molecule has 3 rings (SSSR count). The van der Waals surface area contributed by atoms with Crippen LogP contribution in [0.25, 0.3) is 9.88 Å². The van der Waals surface area contributed by atoms with E-state index in [0.717, 1.165) is 9.88 Å². The summed E-state index contributed by atoms with van der Waals surface area (Å²) in [6.45, 7) is 1.06. The quantitative estimate of drug-likeness (QED) is 0.924. The lowest BCUT2D eigenvalue weighted by Gasteiger charge is -2.34. The van der Waals surface area contributed by atoms with Crippen LogP contribution in [0.4, 0.5) is 0 Å².